The van der Waals surface area contributed by atoms with Crippen molar-refractivity contribution in [3.05, 3.63) is 77.0 Å². The van der Waals surface area contributed by atoms with Gasteiger partial charge in [-0.05, 0) is 41.9 Å². The quantitative estimate of drug-likeness (QED) is 0.288. The third-order valence-electron chi connectivity index (χ3n) is 8.07. The van der Waals surface area contributed by atoms with Gasteiger partial charge in [0.2, 0.25) is 5.95 Å². The zero-order valence-electron chi connectivity index (χ0n) is 22.0. The van der Waals surface area contributed by atoms with E-state index in [1.807, 2.05) is 0 Å². The first-order valence-electron chi connectivity index (χ1n) is 14.1. The molecule has 0 amide bonds. The van der Waals surface area contributed by atoms with Crippen LogP contribution in [-0.4, -0.2) is 32.8 Å². The number of hydrogen-bond donors (Lipinski definition) is 1. The maximum Gasteiger partial charge on any atom is 0.226 e. The maximum absolute atomic E-state index is 5.12. The topological polar surface area (TPSA) is 58.9 Å². The van der Waals surface area contributed by atoms with Crippen molar-refractivity contribution in [2.24, 2.45) is 5.92 Å². The van der Waals surface area contributed by atoms with Gasteiger partial charge in [-0.1, -0.05) is 87.2 Å². The minimum Gasteiger partial charge on any atom is -0.354 e. The van der Waals surface area contributed by atoms with Gasteiger partial charge >= 0.3 is 0 Å². The third kappa shape index (κ3) is 5.34. The van der Waals surface area contributed by atoms with E-state index in [2.05, 4.69) is 76.4 Å². The molecule has 2 aromatic carbocycles. The molecule has 0 spiro atoms. The summed E-state index contributed by atoms with van der Waals surface area (Å²) in [5, 5.41) is 9.80. The minimum absolute atomic E-state index is 0.705. The molecule has 1 saturated carbocycles. The molecular formula is C31H38N6. The highest BCUT2D eigenvalue weighted by Gasteiger charge is 2.27. The van der Waals surface area contributed by atoms with Gasteiger partial charge in [0.15, 0.2) is 5.65 Å². The van der Waals surface area contributed by atoms with Crippen molar-refractivity contribution < 1.29 is 0 Å². The van der Waals surface area contributed by atoms with Gasteiger partial charge in [-0.3, -0.25) is 0 Å². The van der Waals surface area contributed by atoms with Gasteiger partial charge < -0.3 is 10.2 Å². The van der Waals surface area contributed by atoms with Crippen molar-refractivity contribution in [2.45, 2.75) is 71.4 Å². The van der Waals surface area contributed by atoms with Crippen molar-refractivity contribution in [1.82, 2.24) is 19.7 Å². The van der Waals surface area contributed by atoms with Crippen LogP contribution in [0.25, 0.3) is 11.0 Å². The molecule has 0 atom stereocenters. The highest BCUT2D eigenvalue weighted by Crippen LogP contribution is 2.34. The molecular weight excluding hydrogens is 456 g/mol. The van der Waals surface area contributed by atoms with Crippen LogP contribution in [0.5, 0.6) is 0 Å². The van der Waals surface area contributed by atoms with Gasteiger partial charge in [0.1, 0.15) is 5.82 Å². The lowest BCUT2D eigenvalue weighted by Crippen LogP contribution is -2.30. The summed E-state index contributed by atoms with van der Waals surface area (Å²) in [4.78, 5) is 12.6. The van der Waals surface area contributed by atoms with E-state index in [1.54, 1.807) is 0 Å². The van der Waals surface area contributed by atoms with Crippen LogP contribution in [0.3, 0.4) is 0 Å². The zero-order valence-corrected chi connectivity index (χ0v) is 22.0. The van der Waals surface area contributed by atoms with Crippen LogP contribution in [0, 0.1) is 5.92 Å². The van der Waals surface area contributed by atoms with Gasteiger partial charge in [-0.15, -0.1) is 0 Å². The summed E-state index contributed by atoms with van der Waals surface area (Å²) in [5.74, 6) is 2.46. The minimum atomic E-state index is 0.705. The molecule has 2 aromatic heterocycles. The summed E-state index contributed by atoms with van der Waals surface area (Å²) in [6.07, 6.45) is 10.0. The van der Waals surface area contributed by atoms with Gasteiger partial charge in [-0.2, -0.15) is 15.1 Å². The molecule has 0 unspecified atom stereocenters. The Labute approximate surface area is 220 Å². The van der Waals surface area contributed by atoms with Crippen LogP contribution in [0.4, 0.5) is 11.8 Å². The number of nitrogens with one attached hydrogen (secondary N) is 1. The predicted octanol–water partition coefficient (Wildman–Crippen LogP) is 6.38. The Morgan fingerprint density at radius 2 is 1.57 bits per heavy atom. The fourth-order valence-corrected chi connectivity index (χ4v) is 5.88. The van der Waals surface area contributed by atoms with E-state index >= 15 is 0 Å². The number of hydrogen-bond acceptors (Lipinski definition) is 5. The fourth-order valence-electron chi connectivity index (χ4n) is 5.88. The van der Waals surface area contributed by atoms with Crippen LogP contribution in [-0.2, 0) is 25.9 Å². The Morgan fingerprint density at radius 3 is 2.32 bits per heavy atom. The standard InChI is InChI=1S/C31H38N6/c1-2-23-14-16-26(17-15-23)21-36-19-18-27-28-29(36)33-31(32-20-24-10-6-3-4-7-11-24)34-30(28)37(35-27)22-25-12-8-5-9-13-25/h5,8-9,12-17,24H,2-4,6-7,10-11,18-22H2,1H3,(H,32,33,34). The Hall–Kier alpha value is -3.41. The summed E-state index contributed by atoms with van der Waals surface area (Å²) in [6.45, 7) is 5.63. The lowest BCUT2D eigenvalue weighted by molar-refractivity contribution is 0.482. The number of nitrogens with zero attached hydrogens (tertiary/aromatic N) is 5. The Kier molecular flexibility index (Phi) is 7.07. The third-order valence-corrected chi connectivity index (χ3v) is 8.07. The molecule has 2 aliphatic rings. The Bertz CT molecular complexity index is 1320. The molecule has 0 radical (unpaired) electrons. The van der Waals surface area contributed by atoms with Crippen LogP contribution in [0.15, 0.2) is 54.6 Å². The van der Waals surface area contributed by atoms with Crippen molar-refractivity contribution in [3.63, 3.8) is 0 Å². The molecule has 6 nitrogen and oxygen atoms in total. The van der Waals surface area contributed by atoms with Gasteiger partial charge in [-0.25, -0.2) is 4.68 Å². The molecule has 192 valence electrons. The smallest absolute Gasteiger partial charge is 0.226 e. The average Bonchev–Trinajstić information content (AvgIpc) is 3.10. The van der Waals surface area contributed by atoms with Crippen LogP contribution >= 0.6 is 0 Å². The number of rotatable bonds is 8. The van der Waals surface area contributed by atoms with Crippen LogP contribution in [0.1, 0.15) is 67.8 Å². The Balaban J connectivity index is 1.34. The molecule has 1 N–H and O–H groups in total. The van der Waals surface area contributed by atoms with Crippen LogP contribution < -0.4 is 10.2 Å². The molecule has 4 aromatic rings. The Morgan fingerprint density at radius 1 is 0.838 bits per heavy atom. The largest absolute Gasteiger partial charge is 0.354 e. The summed E-state index contributed by atoms with van der Waals surface area (Å²) in [6, 6.07) is 19.6. The second-order valence-electron chi connectivity index (χ2n) is 10.7. The van der Waals surface area contributed by atoms with E-state index in [1.165, 1.54) is 55.2 Å². The molecule has 0 bridgehead atoms. The van der Waals surface area contributed by atoms with Gasteiger partial charge in [0, 0.05) is 26.1 Å². The average molecular weight is 495 g/mol. The number of anilines is 2. The normalized spacial score (nSPS) is 16.2. The molecule has 6 rings (SSSR count). The van der Waals surface area contributed by atoms with E-state index in [-0.39, 0.29) is 0 Å². The van der Waals surface area contributed by atoms with Crippen LogP contribution in [0.2, 0.25) is 0 Å². The molecule has 1 aliphatic heterocycles. The highest BCUT2D eigenvalue weighted by atomic mass is 15.3. The molecule has 3 heterocycles. The van der Waals surface area contributed by atoms with E-state index in [4.69, 9.17) is 15.1 Å². The predicted molar refractivity (Wildman–Crippen MR) is 151 cm³/mol. The van der Waals surface area contributed by atoms with E-state index in [0.29, 0.717) is 12.5 Å². The summed E-state index contributed by atoms with van der Waals surface area (Å²) < 4.78 is 2.08. The van der Waals surface area contributed by atoms with E-state index < -0.39 is 0 Å². The first-order valence-corrected chi connectivity index (χ1v) is 14.1. The first kappa shape index (κ1) is 24.0. The number of benzene rings is 2. The monoisotopic (exact) mass is 494 g/mol. The second kappa shape index (κ2) is 10.9. The van der Waals surface area contributed by atoms with Gasteiger partial charge in [0.05, 0.1) is 17.6 Å². The molecule has 1 aliphatic carbocycles. The lowest BCUT2D eigenvalue weighted by Gasteiger charge is -2.28. The van der Waals surface area contributed by atoms with Crippen molar-refractivity contribution in [2.75, 3.05) is 23.3 Å². The zero-order chi connectivity index (χ0) is 25.0. The van der Waals surface area contributed by atoms with E-state index in [0.717, 1.165) is 61.0 Å². The molecule has 37 heavy (non-hydrogen) atoms. The highest BCUT2D eigenvalue weighted by molar-refractivity contribution is 5.92. The van der Waals surface area contributed by atoms with Crippen molar-refractivity contribution >= 4 is 22.8 Å². The lowest BCUT2D eigenvalue weighted by atomic mass is 10.0. The fraction of sp³-hybridized carbons (Fsp3) is 0.452. The summed E-state index contributed by atoms with van der Waals surface area (Å²) in [5.41, 5.74) is 5.99. The molecule has 1 fully saturated rings. The summed E-state index contributed by atoms with van der Waals surface area (Å²) in [7, 11) is 0. The van der Waals surface area contributed by atoms with Crippen molar-refractivity contribution in [3.8, 4) is 0 Å². The van der Waals surface area contributed by atoms with E-state index in [9.17, 15) is 0 Å². The second-order valence-corrected chi connectivity index (χ2v) is 10.7. The van der Waals surface area contributed by atoms with Gasteiger partial charge in [0.25, 0.3) is 0 Å². The number of aryl methyl sites for hydroxylation is 1. The SMILES string of the molecule is CCc1ccc(CN2CCc3nn(Cc4ccccc4)c4nc(NCC5CCCCCC5)nc2c34)cc1. The maximum atomic E-state index is 5.12. The summed E-state index contributed by atoms with van der Waals surface area (Å²) >= 11 is 0. The number of aromatic nitrogens is 4. The van der Waals surface area contributed by atoms with Crippen molar-refractivity contribution in [1.29, 1.82) is 0 Å². The molecule has 6 heteroatoms. The molecule has 0 saturated heterocycles. The first-order chi connectivity index (χ1) is 18.3.